The molecule has 0 saturated carbocycles. The van der Waals surface area contributed by atoms with Gasteiger partial charge in [-0.2, -0.15) is 0 Å². The third-order valence-corrected chi connectivity index (χ3v) is 3.19. The van der Waals surface area contributed by atoms with E-state index in [0.29, 0.717) is 19.1 Å². The number of ether oxygens (including phenoxy) is 1. The standard InChI is InChI=1S/C13H12O2/c14-13-11(9-4-2-1-3-5-9)6-10-7-15-8-12(10)13/h1-6,10,12H,7-8H2. The van der Waals surface area contributed by atoms with Gasteiger partial charge in [-0.15, -0.1) is 0 Å². The molecule has 0 amide bonds. The van der Waals surface area contributed by atoms with Crippen LogP contribution in [0.4, 0.5) is 0 Å². The summed E-state index contributed by atoms with van der Waals surface area (Å²) in [6.07, 6.45) is 2.08. The van der Waals surface area contributed by atoms with E-state index in [1.807, 2.05) is 30.3 Å². The van der Waals surface area contributed by atoms with Gasteiger partial charge in [-0.25, -0.2) is 0 Å². The highest BCUT2D eigenvalue weighted by atomic mass is 16.5. The van der Waals surface area contributed by atoms with Crippen LogP contribution in [0.1, 0.15) is 5.56 Å². The van der Waals surface area contributed by atoms with Crippen LogP contribution in [0.2, 0.25) is 0 Å². The number of rotatable bonds is 1. The maximum Gasteiger partial charge on any atom is 0.169 e. The summed E-state index contributed by atoms with van der Waals surface area (Å²) in [4.78, 5) is 12.0. The minimum atomic E-state index is 0.0835. The lowest BCUT2D eigenvalue weighted by Crippen LogP contribution is -2.14. The van der Waals surface area contributed by atoms with Gasteiger partial charge in [-0.3, -0.25) is 4.79 Å². The Bertz CT molecular complexity index is 419. The van der Waals surface area contributed by atoms with E-state index in [1.165, 1.54) is 0 Å². The predicted molar refractivity (Wildman–Crippen MR) is 57.2 cm³/mol. The summed E-state index contributed by atoms with van der Waals surface area (Å²) in [6.45, 7) is 1.29. The van der Waals surface area contributed by atoms with Gasteiger partial charge in [-0.05, 0) is 5.56 Å². The number of ketones is 1. The zero-order valence-electron chi connectivity index (χ0n) is 8.35. The third-order valence-electron chi connectivity index (χ3n) is 3.19. The Morgan fingerprint density at radius 1 is 1.13 bits per heavy atom. The summed E-state index contributed by atoms with van der Waals surface area (Å²) < 4.78 is 5.30. The molecule has 3 rings (SSSR count). The predicted octanol–water partition coefficient (Wildman–Crippen LogP) is 1.92. The molecule has 2 heteroatoms. The lowest BCUT2D eigenvalue weighted by atomic mass is 9.97. The smallest absolute Gasteiger partial charge is 0.169 e. The fraction of sp³-hybridized carbons (Fsp3) is 0.308. The van der Waals surface area contributed by atoms with Crippen molar-refractivity contribution in [2.45, 2.75) is 0 Å². The summed E-state index contributed by atoms with van der Waals surface area (Å²) in [5.41, 5.74) is 1.92. The Hall–Kier alpha value is -1.41. The van der Waals surface area contributed by atoms with Crippen LogP contribution in [0, 0.1) is 11.8 Å². The van der Waals surface area contributed by atoms with Gasteiger partial charge in [0.15, 0.2) is 5.78 Å². The van der Waals surface area contributed by atoms with Crippen molar-refractivity contribution >= 4 is 11.4 Å². The maximum atomic E-state index is 12.0. The molecule has 0 aromatic heterocycles. The van der Waals surface area contributed by atoms with Crippen molar-refractivity contribution in [2.24, 2.45) is 11.8 Å². The van der Waals surface area contributed by atoms with E-state index >= 15 is 0 Å². The van der Waals surface area contributed by atoms with Crippen LogP contribution in [-0.2, 0) is 9.53 Å². The second-order valence-electron chi connectivity index (χ2n) is 4.12. The van der Waals surface area contributed by atoms with Crippen molar-refractivity contribution in [1.82, 2.24) is 0 Å². The maximum absolute atomic E-state index is 12.0. The van der Waals surface area contributed by atoms with Gasteiger partial charge in [0.25, 0.3) is 0 Å². The van der Waals surface area contributed by atoms with Crippen LogP contribution >= 0.6 is 0 Å². The third kappa shape index (κ3) is 1.33. The average molecular weight is 200 g/mol. The molecule has 1 aromatic rings. The van der Waals surface area contributed by atoms with Crippen molar-refractivity contribution in [3.05, 3.63) is 42.0 Å². The lowest BCUT2D eigenvalue weighted by molar-refractivity contribution is -0.117. The van der Waals surface area contributed by atoms with Crippen LogP contribution < -0.4 is 0 Å². The topological polar surface area (TPSA) is 26.3 Å². The molecular formula is C13H12O2. The normalized spacial score (nSPS) is 29.1. The Kier molecular flexibility index (Phi) is 1.96. The lowest BCUT2D eigenvalue weighted by Gasteiger charge is -2.04. The summed E-state index contributed by atoms with van der Waals surface area (Å²) in [5, 5.41) is 0. The summed E-state index contributed by atoms with van der Waals surface area (Å²) in [6, 6.07) is 9.88. The zero-order valence-corrected chi connectivity index (χ0v) is 8.35. The number of Topliss-reactive ketones (excluding diaryl/α,β-unsaturated/α-hetero) is 1. The Balaban J connectivity index is 1.98. The first kappa shape index (κ1) is 8.86. The van der Waals surface area contributed by atoms with Gasteiger partial charge >= 0.3 is 0 Å². The highest BCUT2D eigenvalue weighted by Crippen LogP contribution is 2.36. The fourth-order valence-electron chi connectivity index (χ4n) is 2.36. The van der Waals surface area contributed by atoms with E-state index in [1.54, 1.807) is 0 Å². The molecule has 2 nitrogen and oxygen atoms in total. The van der Waals surface area contributed by atoms with Gasteiger partial charge in [0.2, 0.25) is 0 Å². The molecule has 15 heavy (non-hydrogen) atoms. The molecule has 2 aliphatic rings. The molecule has 1 saturated heterocycles. The monoisotopic (exact) mass is 200 g/mol. The first-order valence-corrected chi connectivity index (χ1v) is 5.25. The van der Waals surface area contributed by atoms with Crippen LogP contribution in [0.3, 0.4) is 0 Å². The first-order chi connectivity index (χ1) is 7.36. The molecule has 0 radical (unpaired) electrons. The van der Waals surface area contributed by atoms with E-state index in [0.717, 1.165) is 11.1 Å². The molecule has 1 aromatic carbocycles. The van der Waals surface area contributed by atoms with Gasteiger partial charge in [-0.1, -0.05) is 36.4 Å². The SMILES string of the molecule is O=C1C(c2ccccc2)=CC2COCC12. The molecule has 2 unspecified atom stereocenters. The first-order valence-electron chi connectivity index (χ1n) is 5.25. The minimum Gasteiger partial charge on any atom is -0.380 e. The summed E-state index contributed by atoms with van der Waals surface area (Å²) in [5.74, 6) is 0.650. The Morgan fingerprint density at radius 2 is 1.93 bits per heavy atom. The van der Waals surface area contributed by atoms with Crippen molar-refractivity contribution in [3.63, 3.8) is 0 Å². The molecule has 1 fully saturated rings. The molecule has 2 atom stereocenters. The number of benzene rings is 1. The van der Waals surface area contributed by atoms with Crippen molar-refractivity contribution < 1.29 is 9.53 Å². The molecule has 0 N–H and O–H groups in total. The van der Waals surface area contributed by atoms with E-state index in [-0.39, 0.29) is 11.7 Å². The summed E-state index contributed by atoms with van der Waals surface area (Å²) in [7, 11) is 0. The van der Waals surface area contributed by atoms with E-state index in [4.69, 9.17) is 4.74 Å². The largest absolute Gasteiger partial charge is 0.380 e. The molecule has 1 aliphatic heterocycles. The quantitative estimate of drug-likeness (QED) is 0.692. The fourth-order valence-corrected chi connectivity index (χ4v) is 2.36. The van der Waals surface area contributed by atoms with Crippen LogP contribution in [-0.4, -0.2) is 19.0 Å². The Morgan fingerprint density at radius 3 is 2.67 bits per heavy atom. The minimum absolute atomic E-state index is 0.0835. The number of allylic oxidation sites excluding steroid dienone is 1. The van der Waals surface area contributed by atoms with E-state index in [2.05, 4.69) is 6.08 Å². The average Bonchev–Trinajstić information content (AvgIpc) is 2.83. The van der Waals surface area contributed by atoms with Crippen molar-refractivity contribution in [2.75, 3.05) is 13.2 Å². The zero-order chi connectivity index (χ0) is 10.3. The molecular weight excluding hydrogens is 188 g/mol. The molecule has 1 heterocycles. The molecule has 1 aliphatic carbocycles. The number of carbonyl (C=O) groups is 1. The summed E-state index contributed by atoms with van der Waals surface area (Å²) >= 11 is 0. The van der Waals surface area contributed by atoms with E-state index < -0.39 is 0 Å². The van der Waals surface area contributed by atoms with Gasteiger partial charge in [0.05, 0.1) is 19.1 Å². The van der Waals surface area contributed by atoms with Gasteiger partial charge < -0.3 is 4.74 Å². The van der Waals surface area contributed by atoms with Crippen LogP contribution in [0.5, 0.6) is 0 Å². The van der Waals surface area contributed by atoms with Crippen LogP contribution in [0.25, 0.3) is 5.57 Å². The second kappa shape index (κ2) is 3.31. The highest BCUT2D eigenvalue weighted by molar-refractivity contribution is 6.24. The number of hydrogen-bond donors (Lipinski definition) is 0. The number of carbonyl (C=O) groups excluding carboxylic acids is 1. The highest BCUT2D eigenvalue weighted by Gasteiger charge is 2.39. The molecule has 0 bridgehead atoms. The molecule has 76 valence electrons. The van der Waals surface area contributed by atoms with Gasteiger partial charge in [0.1, 0.15) is 0 Å². The van der Waals surface area contributed by atoms with Crippen molar-refractivity contribution in [3.8, 4) is 0 Å². The molecule has 0 spiro atoms. The Labute approximate surface area is 88.6 Å². The number of hydrogen-bond acceptors (Lipinski definition) is 2. The van der Waals surface area contributed by atoms with Gasteiger partial charge in [0, 0.05) is 11.5 Å². The van der Waals surface area contributed by atoms with Crippen LogP contribution in [0.15, 0.2) is 36.4 Å². The number of fused-ring (bicyclic) bond motifs is 1. The van der Waals surface area contributed by atoms with Crippen molar-refractivity contribution in [1.29, 1.82) is 0 Å². The second-order valence-corrected chi connectivity index (χ2v) is 4.12. The van der Waals surface area contributed by atoms with E-state index in [9.17, 15) is 4.79 Å².